The summed E-state index contributed by atoms with van der Waals surface area (Å²) in [5.74, 6) is -0.190. The molecule has 3 nitrogen and oxygen atoms in total. The first kappa shape index (κ1) is 11.1. The van der Waals surface area contributed by atoms with Crippen LogP contribution >= 0.6 is 0 Å². The van der Waals surface area contributed by atoms with Crippen LogP contribution in [0.15, 0.2) is 18.2 Å². The first-order valence-electron chi connectivity index (χ1n) is 5.46. The summed E-state index contributed by atoms with van der Waals surface area (Å²) in [6.45, 7) is 1.58. The molecule has 0 aliphatic carbocycles. The Morgan fingerprint density at radius 1 is 1.44 bits per heavy atom. The molecule has 0 saturated carbocycles. The van der Waals surface area contributed by atoms with E-state index in [0.717, 1.165) is 17.5 Å². The van der Waals surface area contributed by atoms with E-state index in [1.165, 1.54) is 12.1 Å². The van der Waals surface area contributed by atoms with Crippen LogP contribution in [-0.2, 0) is 17.8 Å². The topological polar surface area (TPSA) is 46.3 Å². The Bertz CT molecular complexity index is 406. The van der Waals surface area contributed by atoms with Gasteiger partial charge in [-0.05, 0) is 29.7 Å². The second-order valence-electron chi connectivity index (χ2n) is 4.02. The maximum absolute atomic E-state index is 13.0. The smallest absolute Gasteiger partial charge is 0.224 e. The fourth-order valence-corrected chi connectivity index (χ4v) is 2.02. The highest BCUT2D eigenvalue weighted by molar-refractivity contribution is 5.76. The zero-order chi connectivity index (χ0) is 11.5. The predicted octanol–water partition coefficient (Wildman–Crippen LogP) is 1.06. The second-order valence-corrected chi connectivity index (χ2v) is 4.02. The van der Waals surface area contributed by atoms with Gasteiger partial charge in [0.25, 0.3) is 0 Å². The lowest BCUT2D eigenvalue weighted by atomic mass is 9.99. The molecule has 0 spiro atoms. The van der Waals surface area contributed by atoms with E-state index in [2.05, 4.69) is 0 Å². The van der Waals surface area contributed by atoms with E-state index in [4.69, 9.17) is 5.73 Å². The Morgan fingerprint density at radius 2 is 2.25 bits per heavy atom. The average Bonchev–Trinajstić information content (AvgIpc) is 2.28. The molecule has 0 saturated heterocycles. The van der Waals surface area contributed by atoms with Crippen molar-refractivity contribution in [3.8, 4) is 0 Å². The minimum Gasteiger partial charge on any atom is -0.338 e. The van der Waals surface area contributed by atoms with E-state index in [-0.39, 0.29) is 11.7 Å². The highest BCUT2D eigenvalue weighted by atomic mass is 19.1. The molecule has 4 heteroatoms. The lowest BCUT2D eigenvalue weighted by Gasteiger charge is -2.28. The number of nitrogens with zero attached hydrogens (tertiary/aromatic N) is 1. The van der Waals surface area contributed by atoms with Gasteiger partial charge >= 0.3 is 0 Å². The third kappa shape index (κ3) is 2.22. The molecule has 2 N–H and O–H groups in total. The van der Waals surface area contributed by atoms with Gasteiger partial charge in [-0.2, -0.15) is 0 Å². The fraction of sp³-hybridized carbons (Fsp3) is 0.417. The molecule has 0 atom stereocenters. The van der Waals surface area contributed by atoms with Crippen molar-refractivity contribution in [3.63, 3.8) is 0 Å². The summed E-state index contributed by atoms with van der Waals surface area (Å²) in [6, 6.07) is 4.78. The summed E-state index contributed by atoms with van der Waals surface area (Å²) in [7, 11) is 0. The summed E-state index contributed by atoms with van der Waals surface area (Å²) < 4.78 is 13.0. The molecule has 0 unspecified atom stereocenters. The Balaban J connectivity index is 2.13. The maximum Gasteiger partial charge on any atom is 0.224 e. The monoisotopic (exact) mass is 222 g/mol. The van der Waals surface area contributed by atoms with Crippen molar-refractivity contribution < 1.29 is 9.18 Å². The molecular weight excluding hydrogens is 207 g/mol. The van der Waals surface area contributed by atoms with Crippen molar-refractivity contribution in [1.29, 1.82) is 0 Å². The van der Waals surface area contributed by atoms with Crippen LogP contribution in [-0.4, -0.2) is 23.9 Å². The van der Waals surface area contributed by atoms with E-state index < -0.39 is 0 Å². The molecule has 86 valence electrons. The number of halogens is 1. The van der Waals surface area contributed by atoms with Crippen LogP contribution in [0.5, 0.6) is 0 Å². The number of carbonyl (C=O) groups excluding carboxylic acids is 1. The highest BCUT2D eigenvalue weighted by Gasteiger charge is 2.20. The van der Waals surface area contributed by atoms with Gasteiger partial charge in [0.15, 0.2) is 0 Å². The molecule has 0 radical (unpaired) electrons. The van der Waals surface area contributed by atoms with Gasteiger partial charge in [0.05, 0.1) is 0 Å². The summed E-state index contributed by atoms with van der Waals surface area (Å²) in [6.07, 6.45) is 1.16. The molecular formula is C12H15FN2O. The molecule has 1 aliphatic rings. The van der Waals surface area contributed by atoms with Gasteiger partial charge in [0, 0.05) is 26.1 Å². The third-order valence-corrected chi connectivity index (χ3v) is 2.89. The van der Waals surface area contributed by atoms with Gasteiger partial charge < -0.3 is 10.6 Å². The molecule has 2 rings (SSSR count). The number of amides is 1. The second kappa shape index (κ2) is 4.61. The lowest BCUT2D eigenvalue weighted by molar-refractivity contribution is -0.131. The zero-order valence-corrected chi connectivity index (χ0v) is 9.08. The van der Waals surface area contributed by atoms with Crippen molar-refractivity contribution in [1.82, 2.24) is 4.90 Å². The van der Waals surface area contributed by atoms with E-state index in [9.17, 15) is 9.18 Å². The molecule has 0 fully saturated rings. The van der Waals surface area contributed by atoms with Crippen molar-refractivity contribution in [2.45, 2.75) is 19.4 Å². The van der Waals surface area contributed by atoms with Crippen LogP contribution in [0, 0.1) is 5.82 Å². The number of nitrogens with two attached hydrogens (primary N) is 1. The van der Waals surface area contributed by atoms with Crippen LogP contribution in [0.1, 0.15) is 17.5 Å². The van der Waals surface area contributed by atoms with Gasteiger partial charge in [0.2, 0.25) is 5.91 Å². The van der Waals surface area contributed by atoms with Gasteiger partial charge in [-0.15, -0.1) is 0 Å². The first-order valence-corrected chi connectivity index (χ1v) is 5.46. The normalized spacial score (nSPS) is 14.8. The van der Waals surface area contributed by atoms with Crippen molar-refractivity contribution in [2.24, 2.45) is 5.73 Å². The van der Waals surface area contributed by atoms with Crippen LogP contribution in [0.4, 0.5) is 4.39 Å². The van der Waals surface area contributed by atoms with Crippen molar-refractivity contribution in [2.75, 3.05) is 13.1 Å². The van der Waals surface area contributed by atoms with E-state index in [0.29, 0.717) is 26.1 Å². The van der Waals surface area contributed by atoms with E-state index in [1.54, 1.807) is 11.0 Å². The van der Waals surface area contributed by atoms with Gasteiger partial charge in [-0.3, -0.25) is 4.79 Å². The molecule has 1 aromatic rings. The molecule has 0 bridgehead atoms. The summed E-state index contributed by atoms with van der Waals surface area (Å²) in [4.78, 5) is 13.4. The van der Waals surface area contributed by atoms with Crippen LogP contribution < -0.4 is 5.73 Å². The SMILES string of the molecule is NCCC(=O)N1CCc2ccc(F)cc2C1. The minimum absolute atomic E-state index is 0.0532. The number of hydrogen-bond donors (Lipinski definition) is 1. The molecule has 16 heavy (non-hydrogen) atoms. The largest absolute Gasteiger partial charge is 0.338 e. The quantitative estimate of drug-likeness (QED) is 0.813. The minimum atomic E-state index is -0.244. The zero-order valence-electron chi connectivity index (χ0n) is 9.08. The maximum atomic E-state index is 13.0. The molecule has 1 aliphatic heterocycles. The molecule has 1 heterocycles. The summed E-state index contributed by atoms with van der Waals surface area (Å²) in [5.41, 5.74) is 7.40. The van der Waals surface area contributed by atoms with E-state index >= 15 is 0 Å². The molecule has 0 aromatic heterocycles. The van der Waals surface area contributed by atoms with Crippen molar-refractivity contribution >= 4 is 5.91 Å². The lowest BCUT2D eigenvalue weighted by Crippen LogP contribution is -2.36. The third-order valence-electron chi connectivity index (χ3n) is 2.89. The van der Waals surface area contributed by atoms with Gasteiger partial charge in [-0.1, -0.05) is 6.07 Å². The summed E-state index contributed by atoms with van der Waals surface area (Å²) >= 11 is 0. The first-order chi connectivity index (χ1) is 7.70. The van der Waals surface area contributed by atoms with Crippen LogP contribution in [0.3, 0.4) is 0 Å². The fourth-order valence-electron chi connectivity index (χ4n) is 2.02. The van der Waals surface area contributed by atoms with Crippen molar-refractivity contribution in [3.05, 3.63) is 35.1 Å². The van der Waals surface area contributed by atoms with E-state index in [1.807, 2.05) is 0 Å². The standard InChI is InChI=1S/C12H15FN2O/c13-11-2-1-9-4-6-15(8-10(9)7-11)12(16)3-5-14/h1-2,7H,3-6,8,14H2. The Labute approximate surface area is 94.0 Å². The van der Waals surface area contributed by atoms with Crippen LogP contribution in [0.2, 0.25) is 0 Å². The Hall–Kier alpha value is -1.42. The highest BCUT2D eigenvalue weighted by Crippen LogP contribution is 2.20. The predicted molar refractivity (Wildman–Crippen MR) is 59.2 cm³/mol. The number of fused-ring (bicyclic) bond motifs is 1. The Kier molecular flexibility index (Phi) is 3.19. The number of hydrogen-bond acceptors (Lipinski definition) is 2. The molecule has 1 amide bonds. The van der Waals surface area contributed by atoms with Gasteiger partial charge in [-0.25, -0.2) is 4.39 Å². The van der Waals surface area contributed by atoms with Crippen LogP contribution in [0.25, 0.3) is 0 Å². The molecule has 1 aromatic carbocycles. The number of carbonyl (C=O) groups is 1. The van der Waals surface area contributed by atoms with Gasteiger partial charge in [0.1, 0.15) is 5.82 Å². The number of rotatable bonds is 2. The Morgan fingerprint density at radius 3 is 3.00 bits per heavy atom. The number of benzene rings is 1. The average molecular weight is 222 g/mol. The summed E-state index contributed by atoms with van der Waals surface area (Å²) in [5, 5.41) is 0.